The molecule has 1 unspecified atom stereocenters. The fourth-order valence-electron chi connectivity index (χ4n) is 1.27. The molecule has 0 saturated heterocycles. The Bertz CT molecular complexity index is 315. The van der Waals surface area contributed by atoms with E-state index in [1.165, 1.54) is 6.33 Å². The lowest BCUT2D eigenvalue weighted by Gasteiger charge is -2.24. The van der Waals surface area contributed by atoms with Crippen LogP contribution in [-0.4, -0.2) is 36.7 Å². The van der Waals surface area contributed by atoms with Gasteiger partial charge in [0.1, 0.15) is 12.2 Å². The Hall–Kier alpha value is -0.940. The Labute approximate surface area is 89.8 Å². The van der Waals surface area contributed by atoms with Crippen LogP contribution < -0.4 is 0 Å². The summed E-state index contributed by atoms with van der Waals surface area (Å²) in [7, 11) is 0. The second-order valence-corrected chi connectivity index (χ2v) is 4.59. The van der Waals surface area contributed by atoms with E-state index in [0.717, 1.165) is 0 Å². The molecule has 0 radical (unpaired) electrons. The third kappa shape index (κ3) is 3.00. The SMILES string of the molecule is CC(C)n1ncnc1CC(O)C(C)(C)O. The quantitative estimate of drug-likeness (QED) is 0.765. The van der Waals surface area contributed by atoms with Gasteiger partial charge in [0.05, 0.1) is 11.7 Å². The average Bonchev–Trinajstić information content (AvgIpc) is 2.50. The number of aliphatic hydroxyl groups excluding tert-OH is 1. The fraction of sp³-hybridized carbons (Fsp3) is 0.800. The second kappa shape index (κ2) is 4.28. The summed E-state index contributed by atoms with van der Waals surface area (Å²) in [5.41, 5.74) is -1.12. The van der Waals surface area contributed by atoms with Crippen molar-refractivity contribution in [1.29, 1.82) is 0 Å². The molecule has 0 aliphatic rings. The first-order chi connectivity index (χ1) is 6.82. The maximum Gasteiger partial charge on any atom is 0.138 e. The van der Waals surface area contributed by atoms with Crippen molar-refractivity contribution in [3.05, 3.63) is 12.2 Å². The highest BCUT2D eigenvalue weighted by atomic mass is 16.3. The van der Waals surface area contributed by atoms with Crippen molar-refractivity contribution < 1.29 is 10.2 Å². The van der Waals surface area contributed by atoms with Gasteiger partial charge in [0.15, 0.2) is 0 Å². The Morgan fingerprint density at radius 1 is 1.47 bits per heavy atom. The van der Waals surface area contributed by atoms with E-state index < -0.39 is 11.7 Å². The minimum atomic E-state index is -1.12. The van der Waals surface area contributed by atoms with Crippen LogP contribution in [0, 0.1) is 0 Å². The zero-order chi connectivity index (χ0) is 11.6. The summed E-state index contributed by atoms with van der Waals surface area (Å²) in [5, 5.41) is 23.4. The molecule has 0 bridgehead atoms. The number of aliphatic hydroxyl groups is 2. The molecule has 0 fully saturated rings. The van der Waals surface area contributed by atoms with Crippen LogP contribution in [0.15, 0.2) is 6.33 Å². The maximum absolute atomic E-state index is 9.73. The molecule has 1 rings (SSSR count). The van der Waals surface area contributed by atoms with Gasteiger partial charge in [0, 0.05) is 12.5 Å². The van der Waals surface area contributed by atoms with Crippen LogP contribution >= 0.6 is 0 Å². The first kappa shape index (κ1) is 12.1. The molecular formula is C10H19N3O2. The Morgan fingerprint density at radius 2 is 2.07 bits per heavy atom. The molecule has 15 heavy (non-hydrogen) atoms. The summed E-state index contributed by atoms with van der Waals surface area (Å²) in [6.07, 6.45) is 0.938. The number of nitrogens with zero attached hydrogens (tertiary/aromatic N) is 3. The second-order valence-electron chi connectivity index (χ2n) is 4.59. The van der Waals surface area contributed by atoms with Crippen LogP contribution in [0.4, 0.5) is 0 Å². The maximum atomic E-state index is 9.73. The molecule has 0 aliphatic carbocycles. The third-order valence-electron chi connectivity index (χ3n) is 2.33. The molecule has 86 valence electrons. The smallest absolute Gasteiger partial charge is 0.138 e. The minimum absolute atomic E-state index is 0.205. The van der Waals surface area contributed by atoms with E-state index in [2.05, 4.69) is 10.1 Å². The van der Waals surface area contributed by atoms with Gasteiger partial charge in [0.2, 0.25) is 0 Å². The van der Waals surface area contributed by atoms with Gasteiger partial charge < -0.3 is 10.2 Å². The molecule has 1 heterocycles. The lowest BCUT2D eigenvalue weighted by atomic mass is 9.99. The molecule has 0 aromatic carbocycles. The molecule has 0 saturated carbocycles. The third-order valence-corrected chi connectivity index (χ3v) is 2.33. The molecule has 0 aliphatic heterocycles. The van der Waals surface area contributed by atoms with Crippen molar-refractivity contribution >= 4 is 0 Å². The van der Waals surface area contributed by atoms with Crippen molar-refractivity contribution in [2.75, 3.05) is 0 Å². The molecule has 2 N–H and O–H groups in total. The summed E-state index contributed by atoms with van der Waals surface area (Å²) in [6, 6.07) is 0.205. The first-order valence-corrected chi connectivity index (χ1v) is 5.11. The van der Waals surface area contributed by atoms with E-state index >= 15 is 0 Å². The van der Waals surface area contributed by atoms with Crippen LogP contribution in [0.5, 0.6) is 0 Å². The van der Waals surface area contributed by atoms with Crippen LogP contribution in [0.2, 0.25) is 0 Å². The standard InChI is InChI=1S/C10H19N3O2/c1-7(2)13-9(11-6-12-13)5-8(14)10(3,4)15/h6-8,14-15H,5H2,1-4H3. The Balaban J connectivity index is 2.77. The summed E-state index contributed by atoms with van der Waals surface area (Å²) < 4.78 is 1.74. The number of rotatable bonds is 4. The molecule has 1 aromatic heterocycles. The minimum Gasteiger partial charge on any atom is -0.390 e. The predicted octanol–water partition coefficient (Wildman–Crippen LogP) is 0.533. The van der Waals surface area contributed by atoms with Crippen molar-refractivity contribution in [1.82, 2.24) is 14.8 Å². The van der Waals surface area contributed by atoms with Gasteiger partial charge in [-0.1, -0.05) is 0 Å². The van der Waals surface area contributed by atoms with Gasteiger partial charge >= 0.3 is 0 Å². The predicted molar refractivity (Wildman–Crippen MR) is 56.4 cm³/mol. The molecule has 1 aromatic rings. The number of hydrogen-bond acceptors (Lipinski definition) is 4. The van der Waals surface area contributed by atoms with Crippen LogP contribution in [0.3, 0.4) is 0 Å². The molecule has 1 atom stereocenters. The Kier molecular flexibility index (Phi) is 3.46. The van der Waals surface area contributed by atoms with Gasteiger partial charge in [0.25, 0.3) is 0 Å². The van der Waals surface area contributed by atoms with Crippen molar-refractivity contribution in [2.24, 2.45) is 0 Å². The zero-order valence-electron chi connectivity index (χ0n) is 9.68. The van der Waals surface area contributed by atoms with Gasteiger partial charge in [-0.15, -0.1) is 0 Å². The van der Waals surface area contributed by atoms with E-state index in [1.54, 1.807) is 18.5 Å². The van der Waals surface area contributed by atoms with Gasteiger partial charge in [-0.2, -0.15) is 5.10 Å². The zero-order valence-corrected chi connectivity index (χ0v) is 9.68. The highest BCUT2D eigenvalue weighted by molar-refractivity contribution is 4.93. The first-order valence-electron chi connectivity index (χ1n) is 5.11. The van der Waals surface area contributed by atoms with Gasteiger partial charge in [-0.25, -0.2) is 9.67 Å². The molecular weight excluding hydrogens is 194 g/mol. The summed E-state index contributed by atoms with van der Waals surface area (Å²) in [5.74, 6) is 0.694. The number of aromatic nitrogens is 3. The van der Waals surface area contributed by atoms with E-state index in [-0.39, 0.29) is 6.04 Å². The van der Waals surface area contributed by atoms with Crippen molar-refractivity contribution in [3.8, 4) is 0 Å². The summed E-state index contributed by atoms with van der Waals surface area (Å²) in [4.78, 5) is 4.07. The lowest BCUT2D eigenvalue weighted by Crippen LogP contribution is -2.38. The molecule has 0 spiro atoms. The normalized spacial score (nSPS) is 14.6. The van der Waals surface area contributed by atoms with E-state index in [9.17, 15) is 10.2 Å². The van der Waals surface area contributed by atoms with Crippen LogP contribution in [-0.2, 0) is 6.42 Å². The van der Waals surface area contributed by atoms with Crippen LogP contribution in [0.1, 0.15) is 39.6 Å². The van der Waals surface area contributed by atoms with E-state index in [1.807, 2.05) is 13.8 Å². The summed E-state index contributed by atoms with van der Waals surface area (Å²) >= 11 is 0. The van der Waals surface area contributed by atoms with Crippen molar-refractivity contribution in [2.45, 2.75) is 51.9 Å². The molecule has 5 nitrogen and oxygen atoms in total. The monoisotopic (exact) mass is 213 g/mol. The fourth-order valence-corrected chi connectivity index (χ4v) is 1.27. The molecule has 0 amide bonds. The van der Waals surface area contributed by atoms with Gasteiger partial charge in [-0.05, 0) is 27.7 Å². The van der Waals surface area contributed by atoms with Crippen molar-refractivity contribution in [3.63, 3.8) is 0 Å². The lowest BCUT2D eigenvalue weighted by molar-refractivity contribution is -0.0483. The average molecular weight is 213 g/mol. The highest BCUT2D eigenvalue weighted by Crippen LogP contribution is 2.14. The van der Waals surface area contributed by atoms with E-state index in [4.69, 9.17) is 0 Å². The van der Waals surface area contributed by atoms with Crippen LogP contribution in [0.25, 0.3) is 0 Å². The van der Waals surface area contributed by atoms with E-state index in [0.29, 0.717) is 12.2 Å². The summed E-state index contributed by atoms with van der Waals surface area (Å²) in [6.45, 7) is 7.14. The van der Waals surface area contributed by atoms with Gasteiger partial charge in [-0.3, -0.25) is 0 Å². The molecule has 5 heteroatoms. The number of hydrogen-bond donors (Lipinski definition) is 2. The highest BCUT2D eigenvalue weighted by Gasteiger charge is 2.26. The Morgan fingerprint density at radius 3 is 2.53 bits per heavy atom. The largest absolute Gasteiger partial charge is 0.390 e. The topological polar surface area (TPSA) is 71.2 Å².